The second-order valence-electron chi connectivity index (χ2n) is 3.65. The zero-order chi connectivity index (χ0) is 11.8. The van der Waals surface area contributed by atoms with Gasteiger partial charge in [-0.15, -0.1) is 0 Å². The molecule has 0 heterocycles. The maximum absolute atomic E-state index is 9.04. The molecule has 0 saturated heterocycles. The van der Waals surface area contributed by atoms with Gasteiger partial charge in [0.2, 0.25) is 0 Å². The first-order chi connectivity index (χ1) is 7.80. The fraction of sp³-hybridized carbons (Fsp3) is 0.500. The number of hydrogen-bond acceptors (Lipinski definition) is 4. The molecule has 0 aliphatic rings. The van der Waals surface area contributed by atoms with Crippen molar-refractivity contribution < 1.29 is 14.9 Å². The summed E-state index contributed by atoms with van der Waals surface area (Å²) in [6, 6.07) is 5.32. The molecule has 0 aromatic heterocycles. The fourth-order valence-electron chi connectivity index (χ4n) is 1.43. The van der Waals surface area contributed by atoms with Gasteiger partial charge < -0.3 is 20.7 Å². The van der Waals surface area contributed by atoms with Crippen LogP contribution in [0.3, 0.4) is 0 Å². The molecule has 4 nitrogen and oxygen atoms in total. The van der Waals surface area contributed by atoms with Crippen molar-refractivity contribution in [3.8, 4) is 5.75 Å². The lowest BCUT2D eigenvalue weighted by Gasteiger charge is -2.09. The average molecular weight is 225 g/mol. The second-order valence-corrected chi connectivity index (χ2v) is 3.65. The van der Waals surface area contributed by atoms with Gasteiger partial charge in [-0.1, -0.05) is 6.07 Å². The Morgan fingerprint density at radius 3 is 2.12 bits per heavy atom. The van der Waals surface area contributed by atoms with Crippen LogP contribution in [0.1, 0.15) is 24.0 Å². The van der Waals surface area contributed by atoms with Crippen LogP contribution in [-0.4, -0.2) is 23.4 Å². The average Bonchev–Trinajstić information content (AvgIpc) is 2.34. The van der Waals surface area contributed by atoms with Crippen molar-refractivity contribution in [3.05, 3.63) is 29.3 Å². The number of unbranched alkanes of at least 4 members (excludes halogenated alkanes) is 1. The third kappa shape index (κ3) is 4.18. The number of ether oxygens (including phenoxy) is 1. The normalized spacial score (nSPS) is 10.4. The molecule has 0 spiro atoms. The molecule has 4 heteroatoms. The highest BCUT2D eigenvalue weighted by Gasteiger charge is 2.01. The third-order valence-electron chi connectivity index (χ3n) is 2.26. The van der Waals surface area contributed by atoms with Crippen LogP contribution in [0.2, 0.25) is 0 Å². The van der Waals surface area contributed by atoms with E-state index in [-0.39, 0.29) is 13.2 Å². The van der Waals surface area contributed by atoms with E-state index in [0.29, 0.717) is 18.9 Å². The van der Waals surface area contributed by atoms with Gasteiger partial charge >= 0.3 is 0 Å². The monoisotopic (exact) mass is 225 g/mol. The van der Waals surface area contributed by atoms with Gasteiger partial charge in [-0.25, -0.2) is 0 Å². The molecule has 90 valence electrons. The van der Waals surface area contributed by atoms with Crippen molar-refractivity contribution in [2.45, 2.75) is 26.1 Å². The van der Waals surface area contributed by atoms with Gasteiger partial charge in [0, 0.05) is 0 Å². The zero-order valence-corrected chi connectivity index (χ0v) is 9.35. The second kappa shape index (κ2) is 7.22. The molecule has 0 aliphatic heterocycles. The first-order valence-electron chi connectivity index (χ1n) is 5.47. The molecule has 4 N–H and O–H groups in total. The Morgan fingerprint density at radius 1 is 1.00 bits per heavy atom. The number of rotatable bonds is 7. The predicted octanol–water partition coefficient (Wildman–Crippen LogP) is 0.789. The molecule has 0 saturated carbocycles. The lowest BCUT2D eigenvalue weighted by atomic mass is 10.1. The van der Waals surface area contributed by atoms with Crippen molar-refractivity contribution in [3.63, 3.8) is 0 Å². The van der Waals surface area contributed by atoms with E-state index < -0.39 is 0 Å². The van der Waals surface area contributed by atoms with Crippen LogP contribution in [0, 0.1) is 0 Å². The Balaban J connectivity index is 2.57. The molecule has 1 aromatic carbocycles. The van der Waals surface area contributed by atoms with E-state index in [0.717, 1.165) is 24.0 Å². The maximum Gasteiger partial charge on any atom is 0.120 e. The van der Waals surface area contributed by atoms with Gasteiger partial charge in [-0.2, -0.15) is 0 Å². The highest BCUT2D eigenvalue weighted by atomic mass is 16.5. The number of aliphatic hydroxyl groups excluding tert-OH is 2. The summed E-state index contributed by atoms with van der Waals surface area (Å²) >= 11 is 0. The first-order valence-corrected chi connectivity index (χ1v) is 5.47. The molecule has 0 bridgehead atoms. The number of hydrogen-bond donors (Lipinski definition) is 3. The topological polar surface area (TPSA) is 75.7 Å². The van der Waals surface area contributed by atoms with Crippen molar-refractivity contribution in [1.29, 1.82) is 0 Å². The fourth-order valence-corrected chi connectivity index (χ4v) is 1.43. The van der Waals surface area contributed by atoms with E-state index in [1.165, 1.54) is 0 Å². The van der Waals surface area contributed by atoms with Crippen LogP contribution < -0.4 is 10.5 Å². The smallest absolute Gasteiger partial charge is 0.120 e. The standard InChI is InChI=1S/C12H19NO3/c13-3-1-2-4-16-12-6-10(8-14)5-11(7-12)9-15/h5-7,14-15H,1-4,8-9,13H2. The first kappa shape index (κ1) is 13.0. The number of nitrogens with two attached hydrogens (primary N) is 1. The summed E-state index contributed by atoms with van der Waals surface area (Å²) in [6.07, 6.45) is 1.85. The zero-order valence-electron chi connectivity index (χ0n) is 9.35. The minimum Gasteiger partial charge on any atom is -0.494 e. The molecule has 0 radical (unpaired) electrons. The van der Waals surface area contributed by atoms with Crippen molar-refractivity contribution in [2.24, 2.45) is 5.73 Å². The molecule has 0 amide bonds. The lowest BCUT2D eigenvalue weighted by molar-refractivity contribution is 0.270. The Labute approximate surface area is 95.7 Å². The maximum atomic E-state index is 9.04. The van der Waals surface area contributed by atoms with Crippen LogP contribution in [0.5, 0.6) is 5.75 Å². The van der Waals surface area contributed by atoms with Gasteiger partial charge in [0.05, 0.1) is 19.8 Å². The largest absolute Gasteiger partial charge is 0.494 e. The summed E-state index contributed by atoms with van der Waals surface area (Å²) in [4.78, 5) is 0. The highest BCUT2D eigenvalue weighted by molar-refractivity contribution is 5.33. The summed E-state index contributed by atoms with van der Waals surface area (Å²) < 4.78 is 5.52. The van der Waals surface area contributed by atoms with Crippen molar-refractivity contribution in [1.82, 2.24) is 0 Å². The molecular weight excluding hydrogens is 206 g/mol. The van der Waals surface area contributed by atoms with Crippen molar-refractivity contribution >= 4 is 0 Å². The molecule has 0 fully saturated rings. The summed E-state index contributed by atoms with van der Waals surface area (Å²) in [5, 5.41) is 18.1. The van der Waals surface area contributed by atoms with Gasteiger partial charge in [0.15, 0.2) is 0 Å². The lowest BCUT2D eigenvalue weighted by Crippen LogP contribution is -2.04. The predicted molar refractivity (Wildman–Crippen MR) is 62.1 cm³/mol. The van der Waals surface area contributed by atoms with Crippen LogP contribution in [0.4, 0.5) is 0 Å². The Morgan fingerprint density at radius 2 is 1.62 bits per heavy atom. The number of benzene rings is 1. The van der Waals surface area contributed by atoms with E-state index in [1.807, 2.05) is 0 Å². The molecule has 0 unspecified atom stereocenters. The minimum atomic E-state index is -0.0486. The summed E-state index contributed by atoms with van der Waals surface area (Å²) in [5.74, 6) is 0.688. The van der Waals surface area contributed by atoms with Crippen LogP contribution in [0.25, 0.3) is 0 Å². The van der Waals surface area contributed by atoms with E-state index >= 15 is 0 Å². The Kier molecular flexibility index (Phi) is 5.85. The van der Waals surface area contributed by atoms with Gasteiger partial charge in [-0.3, -0.25) is 0 Å². The van der Waals surface area contributed by atoms with E-state index in [4.69, 9.17) is 20.7 Å². The van der Waals surface area contributed by atoms with Gasteiger partial charge in [-0.05, 0) is 42.6 Å². The Bertz CT molecular complexity index is 293. The SMILES string of the molecule is NCCCCOc1cc(CO)cc(CO)c1. The molecule has 0 atom stereocenters. The van der Waals surface area contributed by atoms with Crippen molar-refractivity contribution in [2.75, 3.05) is 13.2 Å². The summed E-state index contributed by atoms with van der Waals surface area (Å²) in [7, 11) is 0. The van der Waals surface area contributed by atoms with E-state index in [1.54, 1.807) is 18.2 Å². The third-order valence-corrected chi connectivity index (χ3v) is 2.26. The summed E-state index contributed by atoms with van der Waals surface area (Å²) in [5.41, 5.74) is 6.88. The van der Waals surface area contributed by atoms with Crippen LogP contribution in [-0.2, 0) is 13.2 Å². The molecule has 16 heavy (non-hydrogen) atoms. The molecule has 1 rings (SSSR count). The minimum absolute atomic E-state index is 0.0486. The van der Waals surface area contributed by atoms with Gasteiger partial charge in [0.25, 0.3) is 0 Å². The van der Waals surface area contributed by atoms with Crippen LogP contribution >= 0.6 is 0 Å². The van der Waals surface area contributed by atoms with E-state index in [9.17, 15) is 0 Å². The van der Waals surface area contributed by atoms with E-state index in [2.05, 4.69) is 0 Å². The summed E-state index contributed by atoms with van der Waals surface area (Å²) in [6.45, 7) is 1.18. The quantitative estimate of drug-likeness (QED) is 0.600. The van der Waals surface area contributed by atoms with Gasteiger partial charge in [0.1, 0.15) is 5.75 Å². The molecule has 1 aromatic rings. The Hall–Kier alpha value is -1.10. The molecule has 0 aliphatic carbocycles. The van der Waals surface area contributed by atoms with Crippen LogP contribution in [0.15, 0.2) is 18.2 Å². The molecular formula is C12H19NO3. The highest BCUT2D eigenvalue weighted by Crippen LogP contribution is 2.18. The number of aliphatic hydroxyl groups is 2.